The van der Waals surface area contributed by atoms with Crippen molar-refractivity contribution in [3.05, 3.63) is 11.6 Å². The van der Waals surface area contributed by atoms with Crippen LogP contribution in [-0.2, 0) is 6.42 Å². The maximum atomic E-state index is 12.7. The van der Waals surface area contributed by atoms with Gasteiger partial charge in [0.1, 0.15) is 5.82 Å². The molecule has 1 saturated carbocycles. The Kier molecular flexibility index (Phi) is 5.73. The Morgan fingerprint density at radius 1 is 1.29 bits per heavy atom. The predicted octanol–water partition coefficient (Wildman–Crippen LogP) is 1.70. The summed E-state index contributed by atoms with van der Waals surface area (Å²) in [6.45, 7) is 3.70. The number of hydrogen-bond donors (Lipinski definition) is 1. The molecule has 1 aliphatic rings. The lowest BCUT2D eigenvalue weighted by Gasteiger charge is -2.29. The molecule has 1 N–H and O–H groups in total. The van der Waals surface area contributed by atoms with Crippen LogP contribution in [0, 0.1) is 0 Å². The summed E-state index contributed by atoms with van der Waals surface area (Å²) in [5.74, 6) is 1.10. The summed E-state index contributed by atoms with van der Waals surface area (Å²) in [5, 5.41) is 6.99. The minimum atomic E-state index is -0.0256. The Bertz CT molecular complexity index is 451. The van der Waals surface area contributed by atoms with Gasteiger partial charge >= 0.3 is 0 Å². The smallest absolute Gasteiger partial charge is 0.293 e. The summed E-state index contributed by atoms with van der Waals surface area (Å²) >= 11 is 0. The van der Waals surface area contributed by atoms with E-state index in [1.165, 1.54) is 12.8 Å². The number of hydrogen-bond acceptors (Lipinski definition) is 4. The fourth-order valence-corrected chi connectivity index (χ4v) is 2.84. The Morgan fingerprint density at radius 2 is 2.00 bits per heavy atom. The second-order valence-electron chi connectivity index (χ2n) is 6.10. The Labute approximate surface area is 126 Å². The van der Waals surface area contributed by atoms with Gasteiger partial charge in [0.15, 0.2) is 0 Å². The second-order valence-corrected chi connectivity index (χ2v) is 6.10. The van der Waals surface area contributed by atoms with Gasteiger partial charge in [-0.1, -0.05) is 19.8 Å². The van der Waals surface area contributed by atoms with Crippen molar-refractivity contribution < 1.29 is 4.79 Å². The van der Waals surface area contributed by atoms with Gasteiger partial charge < -0.3 is 9.80 Å². The quantitative estimate of drug-likeness (QED) is 0.831. The maximum absolute atomic E-state index is 12.7. The minimum absolute atomic E-state index is 0.0256. The van der Waals surface area contributed by atoms with Crippen molar-refractivity contribution in [1.29, 1.82) is 0 Å². The van der Waals surface area contributed by atoms with E-state index in [9.17, 15) is 4.79 Å². The number of aryl methyl sites for hydroxylation is 1. The third kappa shape index (κ3) is 4.27. The lowest BCUT2D eigenvalue weighted by Crippen LogP contribution is -2.43. The van der Waals surface area contributed by atoms with E-state index in [-0.39, 0.29) is 5.91 Å². The molecule has 0 spiro atoms. The van der Waals surface area contributed by atoms with Gasteiger partial charge in [-0.05, 0) is 33.4 Å². The second kappa shape index (κ2) is 7.54. The Balaban J connectivity index is 2.07. The van der Waals surface area contributed by atoms with E-state index in [0.717, 1.165) is 44.6 Å². The molecule has 118 valence electrons. The number of nitrogens with zero attached hydrogens (tertiary/aromatic N) is 4. The van der Waals surface area contributed by atoms with Gasteiger partial charge in [0, 0.05) is 25.6 Å². The largest absolute Gasteiger partial charge is 0.332 e. The molecule has 1 heterocycles. The lowest BCUT2D eigenvalue weighted by molar-refractivity contribution is 0.0655. The van der Waals surface area contributed by atoms with Crippen LogP contribution in [0.2, 0.25) is 0 Å². The molecule has 1 aromatic rings. The molecule has 0 unspecified atom stereocenters. The molecule has 0 bridgehead atoms. The van der Waals surface area contributed by atoms with Gasteiger partial charge in [-0.3, -0.25) is 9.89 Å². The van der Waals surface area contributed by atoms with Crippen LogP contribution in [0.4, 0.5) is 0 Å². The maximum Gasteiger partial charge on any atom is 0.293 e. The van der Waals surface area contributed by atoms with Crippen molar-refractivity contribution in [1.82, 2.24) is 25.0 Å². The fraction of sp³-hybridized carbons (Fsp3) is 0.800. The fourth-order valence-electron chi connectivity index (χ4n) is 2.84. The predicted molar refractivity (Wildman–Crippen MR) is 82.2 cm³/mol. The highest BCUT2D eigenvalue weighted by molar-refractivity contribution is 5.90. The standard InChI is InChI=1S/C15H27N5O/c1-4-7-13-16-14(18-17-13)15(21)20(11-10-19(2)3)12-8-5-6-9-12/h12H,4-11H2,1-3H3,(H,16,17,18). The molecule has 0 aliphatic heterocycles. The molecule has 1 aromatic heterocycles. The van der Waals surface area contributed by atoms with Crippen LogP contribution in [0.5, 0.6) is 0 Å². The molecule has 21 heavy (non-hydrogen) atoms. The van der Waals surface area contributed by atoms with Crippen LogP contribution in [0.15, 0.2) is 0 Å². The average molecular weight is 293 g/mol. The zero-order chi connectivity index (χ0) is 15.2. The molecule has 1 fully saturated rings. The van der Waals surface area contributed by atoms with Crippen molar-refractivity contribution in [3.8, 4) is 0 Å². The first kappa shape index (κ1) is 15.9. The molecule has 0 atom stereocenters. The molecule has 6 nitrogen and oxygen atoms in total. The van der Waals surface area contributed by atoms with Gasteiger partial charge in [0.05, 0.1) is 0 Å². The first-order valence-electron chi connectivity index (χ1n) is 7.98. The topological polar surface area (TPSA) is 65.1 Å². The highest BCUT2D eigenvalue weighted by Gasteiger charge is 2.29. The molecule has 1 amide bonds. The highest BCUT2D eigenvalue weighted by Crippen LogP contribution is 2.24. The van der Waals surface area contributed by atoms with Crippen LogP contribution in [0.3, 0.4) is 0 Å². The van der Waals surface area contributed by atoms with Crippen molar-refractivity contribution in [2.24, 2.45) is 0 Å². The van der Waals surface area contributed by atoms with E-state index >= 15 is 0 Å². The van der Waals surface area contributed by atoms with E-state index in [4.69, 9.17) is 0 Å². The number of carbonyl (C=O) groups is 1. The van der Waals surface area contributed by atoms with E-state index < -0.39 is 0 Å². The van der Waals surface area contributed by atoms with Crippen LogP contribution in [0.1, 0.15) is 55.5 Å². The number of nitrogens with one attached hydrogen (secondary N) is 1. The Hall–Kier alpha value is -1.43. The summed E-state index contributed by atoms with van der Waals surface area (Å²) in [6.07, 6.45) is 6.46. The third-order valence-electron chi connectivity index (χ3n) is 4.02. The molecule has 0 saturated heterocycles. The van der Waals surface area contributed by atoms with Crippen molar-refractivity contribution in [3.63, 3.8) is 0 Å². The Morgan fingerprint density at radius 3 is 2.62 bits per heavy atom. The molecular formula is C15H27N5O. The highest BCUT2D eigenvalue weighted by atomic mass is 16.2. The number of amides is 1. The number of rotatable bonds is 7. The van der Waals surface area contributed by atoms with Crippen LogP contribution >= 0.6 is 0 Å². The normalized spacial score (nSPS) is 15.8. The molecule has 0 radical (unpaired) electrons. The van der Waals surface area contributed by atoms with Crippen molar-refractivity contribution >= 4 is 5.91 Å². The molecule has 2 rings (SSSR count). The zero-order valence-electron chi connectivity index (χ0n) is 13.4. The van der Waals surface area contributed by atoms with Crippen LogP contribution in [0.25, 0.3) is 0 Å². The van der Waals surface area contributed by atoms with Gasteiger partial charge in [-0.25, -0.2) is 4.98 Å². The number of likely N-dealkylation sites (N-methyl/N-ethyl adjacent to an activating group) is 1. The minimum Gasteiger partial charge on any atom is -0.332 e. The van der Waals surface area contributed by atoms with E-state index in [1.54, 1.807) is 0 Å². The molecule has 6 heteroatoms. The molecular weight excluding hydrogens is 266 g/mol. The van der Waals surface area contributed by atoms with Crippen molar-refractivity contribution in [2.75, 3.05) is 27.2 Å². The first-order valence-corrected chi connectivity index (χ1v) is 7.98. The van der Waals surface area contributed by atoms with E-state index in [1.807, 2.05) is 19.0 Å². The van der Waals surface area contributed by atoms with Gasteiger partial charge in [-0.2, -0.15) is 0 Å². The summed E-state index contributed by atoms with van der Waals surface area (Å²) in [7, 11) is 4.06. The van der Waals surface area contributed by atoms with E-state index in [0.29, 0.717) is 11.9 Å². The monoisotopic (exact) mass is 293 g/mol. The van der Waals surface area contributed by atoms with Gasteiger partial charge in [0.25, 0.3) is 5.91 Å². The first-order chi connectivity index (χ1) is 10.1. The lowest BCUT2D eigenvalue weighted by atomic mass is 10.2. The van der Waals surface area contributed by atoms with E-state index in [2.05, 4.69) is 27.0 Å². The summed E-state index contributed by atoms with van der Waals surface area (Å²) < 4.78 is 0. The number of carbonyl (C=O) groups excluding carboxylic acids is 1. The summed E-state index contributed by atoms with van der Waals surface area (Å²) in [6, 6.07) is 0.352. The summed E-state index contributed by atoms with van der Waals surface area (Å²) in [5.41, 5.74) is 0. The van der Waals surface area contributed by atoms with Crippen LogP contribution in [-0.4, -0.2) is 64.1 Å². The number of H-pyrrole nitrogens is 1. The molecule has 0 aromatic carbocycles. The van der Waals surface area contributed by atoms with Gasteiger partial charge in [-0.15, -0.1) is 5.10 Å². The SMILES string of the molecule is CCCc1nc(C(=O)N(CCN(C)C)C2CCCC2)n[nH]1. The van der Waals surface area contributed by atoms with Crippen LogP contribution < -0.4 is 0 Å². The number of aromatic nitrogens is 3. The number of aromatic amines is 1. The van der Waals surface area contributed by atoms with Gasteiger partial charge in [0.2, 0.25) is 5.82 Å². The molecule has 1 aliphatic carbocycles. The average Bonchev–Trinajstić information content (AvgIpc) is 3.10. The third-order valence-corrected chi connectivity index (χ3v) is 4.02. The zero-order valence-corrected chi connectivity index (χ0v) is 13.4. The summed E-state index contributed by atoms with van der Waals surface area (Å²) in [4.78, 5) is 21.2. The van der Waals surface area contributed by atoms with Crippen molar-refractivity contribution in [2.45, 2.75) is 51.5 Å².